The van der Waals surface area contributed by atoms with Crippen LogP contribution in [0.25, 0.3) is 0 Å². The van der Waals surface area contributed by atoms with Crippen molar-refractivity contribution >= 4 is 33.2 Å². The molecular formula is C10H11Cl2NO3S. The van der Waals surface area contributed by atoms with E-state index in [0.717, 1.165) is 0 Å². The Morgan fingerprint density at radius 2 is 1.88 bits per heavy atom. The van der Waals surface area contributed by atoms with Crippen molar-refractivity contribution in [3.05, 3.63) is 28.2 Å². The van der Waals surface area contributed by atoms with Crippen LogP contribution in [0.1, 0.15) is 6.92 Å². The maximum absolute atomic E-state index is 12.1. The van der Waals surface area contributed by atoms with Gasteiger partial charge in [0.2, 0.25) is 10.0 Å². The van der Waals surface area contributed by atoms with Gasteiger partial charge in [-0.05, 0) is 25.1 Å². The van der Waals surface area contributed by atoms with E-state index < -0.39 is 15.6 Å². The van der Waals surface area contributed by atoms with Gasteiger partial charge in [0.25, 0.3) is 0 Å². The van der Waals surface area contributed by atoms with E-state index in [1.54, 1.807) is 6.92 Å². The fraction of sp³-hybridized carbons (Fsp3) is 0.400. The zero-order valence-electron chi connectivity index (χ0n) is 9.02. The van der Waals surface area contributed by atoms with E-state index in [9.17, 15) is 13.5 Å². The van der Waals surface area contributed by atoms with Crippen molar-refractivity contribution in [1.82, 2.24) is 4.31 Å². The summed E-state index contributed by atoms with van der Waals surface area (Å²) in [5.41, 5.74) is -0.941. The van der Waals surface area contributed by atoms with E-state index in [4.69, 9.17) is 23.2 Å². The molecule has 0 bridgehead atoms. The highest BCUT2D eigenvalue weighted by Crippen LogP contribution is 2.30. The molecular weight excluding hydrogens is 285 g/mol. The zero-order chi connectivity index (χ0) is 12.8. The predicted octanol–water partition coefficient (Wildman–Crippen LogP) is 1.75. The number of halogens is 2. The highest BCUT2D eigenvalue weighted by atomic mass is 35.5. The van der Waals surface area contributed by atoms with E-state index in [-0.39, 0.29) is 23.0 Å². The Labute approximate surface area is 110 Å². The minimum atomic E-state index is -3.58. The van der Waals surface area contributed by atoms with Gasteiger partial charge in [0.1, 0.15) is 0 Å². The lowest BCUT2D eigenvalue weighted by atomic mass is 10.0. The van der Waals surface area contributed by atoms with Crippen molar-refractivity contribution in [3.63, 3.8) is 0 Å². The van der Waals surface area contributed by atoms with Crippen LogP contribution < -0.4 is 0 Å². The summed E-state index contributed by atoms with van der Waals surface area (Å²) in [5, 5.41) is 10.0. The highest BCUT2D eigenvalue weighted by molar-refractivity contribution is 7.89. The molecule has 0 aromatic heterocycles. The summed E-state index contributed by atoms with van der Waals surface area (Å²) in [6, 6.07) is 4.15. The molecule has 1 aliphatic heterocycles. The van der Waals surface area contributed by atoms with Crippen molar-refractivity contribution in [3.8, 4) is 0 Å². The molecule has 0 unspecified atom stereocenters. The Bertz CT molecular complexity index is 549. The fourth-order valence-corrected chi connectivity index (χ4v) is 3.73. The van der Waals surface area contributed by atoms with Crippen LogP contribution in [0, 0.1) is 0 Å². The molecule has 1 fully saturated rings. The Morgan fingerprint density at radius 1 is 1.29 bits per heavy atom. The maximum atomic E-state index is 12.1. The summed E-state index contributed by atoms with van der Waals surface area (Å²) in [5.74, 6) is 0. The highest BCUT2D eigenvalue weighted by Gasteiger charge is 2.43. The van der Waals surface area contributed by atoms with Crippen LogP contribution in [-0.4, -0.2) is 36.5 Å². The average molecular weight is 296 g/mol. The van der Waals surface area contributed by atoms with Gasteiger partial charge in [0.15, 0.2) is 0 Å². The monoisotopic (exact) mass is 295 g/mol. The van der Waals surface area contributed by atoms with Crippen LogP contribution >= 0.6 is 23.2 Å². The van der Waals surface area contributed by atoms with Crippen LogP contribution in [0.3, 0.4) is 0 Å². The molecule has 1 N–H and O–H groups in total. The van der Waals surface area contributed by atoms with Gasteiger partial charge in [-0.25, -0.2) is 8.42 Å². The minimum absolute atomic E-state index is 0.0856. The molecule has 1 aromatic rings. The molecule has 1 heterocycles. The van der Waals surface area contributed by atoms with Gasteiger partial charge in [-0.3, -0.25) is 0 Å². The van der Waals surface area contributed by atoms with Gasteiger partial charge >= 0.3 is 0 Å². The number of nitrogens with zero attached hydrogens (tertiary/aromatic N) is 1. The Morgan fingerprint density at radius 3 is 2.35 bits per heavy atom. The van der Waals surface area contributed by atoms with Gasteiger partial charge in [-0.2, -0.15) is 4.31 Å². The minimum Gasteiger partial charge on any atom is -0.387 e. The first-order valence-corrected chi connectivity index (χ1v) is 7.10. The van der Waals surface area contributed by atoms with Crippen LogP contribution in [-0.2, 0) is 10.0 Å². The van der Waals surface area contributed by atoms with Gasteiger partial charge in [-0.15, -0.1) is 0 Å². The van der Waals surface area contributed by atoms with E-state index >= 15 is 0 Å². The number of hydrogen-bond donors (Lipinski definition) is 1. The molecule has 4 nitrogen and oxygen atoms in total. The van der Waals surface area contributed by atoms with Crippen LogP contribution in [0.2, 0.25) is 10.0 Å². The van der Waals surface area contributed by atoms with Crippen LogP contribution in [0.4, 0.5) is 0 Å². The number of sulfonamides is 1. The average Bonchev–Trinajstić information content (AvgIpc) is 2.18. The number of hydrogen-bond acceptors (Lipinski definition) is 3. The Balaban J connectivity index is 2.30. The predicted molar refractivity (Wildman–Crippen MR) is 65.8 cm³/mol. The van der Waals surface area contributed by atoms with Crippen molar-refractivity contribution in [1.29, 1.82) is 0 Å². The lowest BCUT2D eigenvalue weighted by Gasteiger charge is -2.42. The van der Waals surface area contributed by atoms with E-state index in [0.29, 0.717) is 5.02 Å². The van der Waals surface area contributed by atoms with Gasteiger partial charge in [0.05, 0.1) is 20.5 Å². The van der Waals surface area contributed by atoms with E-state index in [1.807, 2.05) is 0 Å². The summed E-state index contributed by atoms with van der Waals surface area (Å²) in [4.78, 5) is 0.0856. The second-order valence-corrected chi connectivity index (χ2v) is 7.10. The maximum Gasteiger partial charge on any atom is 0.243 e. The molecule has 2 rings (SSSR count). The van der Waals surface area contributed by atoms with Gasteiger partial charge in [0, 0.05) is 13.1 Å². The molecule has 0 saturated carbocycles. The third-order valence-corrected chi connectivity index (χ3v) is 5.09. The van der Waals surface area contributed by atoms with E-state index in [2.05, 4.69) is 0 Å². The summed E-state index contributed by atoms with van der Waals surface area (Å²) in [7, 11) is -3.58. The number of aliphatic hydroxyl groups is 1. The summed E-state index contributed by atoms with van der Waals surface area (Å²) in [6.45, 7) is 1.78. The molecule has 17 heavy (non-hydrogen) atoms. The quantitative estimate of drug-likeness (QED) is 0.904. The zero-order valence-corrected chi connectivity index (χ0v) is 11.3. The lowest BCUT2D eigenvalue weighted by molar-refractivity contribution is -0.0426. The smallest absolute Gasteiger partial charge is 0.243 e. The number of benzene rings is 1. The second kappa shape index (κ2) is 4.10. The largest absolute Gasteiger partial charge is 0.387 e. The van der Waals surface area contributed by atoms with Crippen molar-refractivity contribution in [2.24, 2.45) is 0 Å². The molecule has 0 aliphatic carbocycles. The van der Waals surface area contributed by atoms with Gasteiger partial charge < -0.3 is 5.11 Å². The standard InChI is InChI=1S/C10H11Cl2NO3S/c1-10(14)5-13(6-10)17(15,16)7-2-3-8(11)9(12)4-7/h2-4,14H,5-6H2,1H3. The summed E-state index contributed by atoms with van der Waals surface area (Å²) in [6.07, 6.45) is 0. The first kappa shape index (κ1) is 13.1. The van der Waals surface area contributed by atoms with Crippen LogP contribution in [0.5, 0.6) is 0 Å². The van der Waals surface area contributed by atoms with Crippen molar-refractivity contribution in [2.45, 2.75) is 17.4 Å². The molecule has 7 heteroatoms. The van der Waals surface area contributed by atoms with Crippen LogP contribution in [0.15, 0.2) is 23.1 Å². The first-order chi connectivity index (χ1) is 7.72. The molecule has 0 radical (unpaired) electrons. The number of rotatable bonds is 2. The molecule has 94 valence electrons. The summed E-state index contributed by atoms with van der Waals surface area (Å²) >= 11 is 11.5. The molecule has 0 spiro atoms. The van der Waals surface area contributed by atoms with Gasteiger partial charge in [-0.1, -0.05) is 23.2 Å². The molecule has 0 amide bonds. The fourth-order valence-electron chi connectivity index (χ4n) is 1.67. The topological polar surface area (TPSA) is 57.6 Å². The molecule has 1 aromatic carbocycles. The number of β-amino-alcohol motifs (C(OH)–C–C–N with tert-alkyl or cyclic N) is 1. The lowest BCUT2D eigenvalue weighted by Crippen LogP contribution is -2.61. The Hall–Kier alpha value is -0.330. The summed E-state index contributed by atoms with van der Waals surface area (Å²) < 4.78 is 25.4. The first-order valence-electron chi connectivity index (χ1n) is 4.90. The Kier molecular flexibility index (Phi) is 3.16. The van der Waals surface area contributed by atoms with Crippen molar-refractivity contribution in [2.75, 3.05) is 13.1 Å². The van der Waals surface area contributed by atoms with E-state index in [1.165, 1.54) is 22.5 Å². The second-order valence-electron chi connectivity index (χ2n) is 4.35. The normalized spacial score (nSPS) is 20.0. The molecule has 1 saturated heterocycles. The third kappa shape index (κ3) is 2.44. The SMILES string of the molecule is CC1(O)CN(S(=O)(=O)c2ccc(Cl)c(Cl)c2)C1. The van der Waals surface area contributed by atoms with Crippen molar-refractivity contribution < 1.29 is 13.5 Å². The third-order valence-electron chi connectivity index (χ3n) is 2.56. The molecule has 1 aliphatic rings. The molecule has 0 atom stereocenters.